The first-order valence-corrected chi connectivity index (χ1v) is 7.16. The summed E-state index contributed by atoms with van der Waals surface area (Å²) in [6.45, 7) is 2.18. The highest BCUT2D eigenvalue weighted by Crippen LogP contribution is 2.43. The van der Waals surface area contributed by atoms with Crippen molar-refractivity contribution >= 4 is 29.6 Å². The molecule has 1 saturated carbocycles. The molecule has 0 aromatic rings. The molecular formula is C5H10Cl2Si. The summed E-state index contributed by atoms with van der Waals surface area (Å²) in [5, 5.41) is 0. The van der Waals surface area contributed by atoms with Crippen LogP contribution >= 0.6 is 22.2 Å². The fraction of sp³-hybridized carbons (Fsp3) is 1.00. The lowest BCUT2D eigenvalue weighted by molar-refractivity contribution is 0.790. The minimum Gasteiger partial charge on any atom is -0.150 e. The monoisotopic (exact) mass is 168 g/mol. The second-order valence-electron chi connectivity index (χ2n) is 2.53. The van der Waals surface area contributed by atoms with Gasteiger partial charge in [-0.1, -0.05) is 19.8 Å². The van der Waals surface area contributed by atoms with E-state index >= 15 is 0 Å². The Hall–Kier alpha value is 0.797. The maximum atomic E-state index is 5.77. The van der Waals surface area contributed by atoms with Crippen LogP contribution in [-0.2, 0) is 0 Å². The van der Waals surface area contributed by atoms with E-state index in [1.165, 1.54) is 12.8 Å². The molecule has 0 saturated heterocycles. The van der Waals surface area contributed by atoms with Crippen LogP contribution in [0.2, 0.25) is 5.54 Å². The molecule has 8 heavy (non-hydrogen) atoms. The Balaban J connectivity index is 2.22. The fourth-order valence-electron chi connectivity index (χ4n) is 0.828. The summed E-state index contributed by atoms with van der Waals surface area (Å²) in [6, 6.07) is 0. The number of rotatable bonds is 2. The Morgan fingerprint density at radius 2 is 2.00 bits per heavy atom. The molecule has 0 spiro atoms. The Bertz CT molecular complexity index is 78.5. The maximum Gasteiger partial charge on any atom is 0.240 e. The molecule has 0 radical (unpaired) electrons. The third-order valence-corrected chi connectivity index (χ3v) is 5.49. The molecular weight excluding hydrogens is 159 g/mol. The van der Waals surface area contributed by atoms with Crippen molar-refractivity contribution in [2.75, 3.05) is 0 Å². The molecule has 0 heterocycles. The molecule has 0 aromatic heterocycles. The van der Waals surface area contributed by atoms with Crippen molar-refractivity contribution in [3.05, 3.63) is 0 Å². The lowest BCUT2D eigenvalue weighted by Crippen LogP contribution is -2.04. The van der Waals surface area contributed by atoms with Gasteiger partial charge in [0, 0.05) is 0 Å². The third kappa shape index (κ3) is 1.64. The number of halogens is 2. The standard InChI is InChI=1S/C5H10Cl2Si/c1-4(8(6)7)5-2-3-5/h4-5,8H,2-3H2,1H3. The van der Waals surface area contributed by atoms with E-state index in [0.717, 1.165) is 5.92 Å². The third-order valence-electron chi connectivity index (χ3n) is 1.76. The lowest BCUT2D eigenvalue weighted by Gasteiger charge is -2.06. The van der Waals surface area contributed by atoms with Crippen molar-refractivity contribution in [1.29, 1.82) is 0 Å². The Morgan fingerprint density at radius 3 is 2.12 bits per heavy atom. The highest BCUT2D eigenvalue weighted by molar-refractivity contribution is 7.34. The molecule has 48 valence electrons. The SMILES string of the molecule is CC(C1CC1)[SiH](Cl)Cl. The number of hydrogen-bond donors (Lipinski definition) is 0. The summed E-state index contributed by atoms with van der Waals surface area (Å²) in [5.74, 6) is 0.890. The van der Waals surface area contributed by atoms with Crippen LogP contribution in [0.1, 0.15) is 19.8 Å². The molecule has 0 amide bonds. The van der Waals surface area contributed by atoms with Crippen molar-refractivity contribution in [2.45, 2.75) is 25.3 Å². The first kappa shape index (κ1) is 6.91. The van der Waals surface area contributed by atoms with Crippen LogP contribution in [0.15, 0.2) is 0 Å². The molecule has 0 aliphatic heterocycles. The van der Waals surface area contributed by atoms with E-state index in [0.29, 0.717) is 5.54 Å². The summed E-state index contributed by atoms with van der Waals surface area (Å²) in [7, 11) is -1.32. The van der Waals surface area contributed by atoms with Crippen LogP contribution in [0, 0.1) is 5.92 Å². The molecule has 1 aliphatic rings. The molecule has 1 atom stereocenters. The van der Waals surface area contributed by atoms with Crippen LogP contribution in [0.25, 0.3) is 0 Å². The predicted molar refractivity (Wildman–Crippen MR) is 41.0 cm³/mol. The highest BCUT2D eigenvalue weighted by Gasteiger charge is 2.32. The van der Waals surface area contributed by atoms with Gasteiger partial charge < -0.3 is 0 Å². The zero-order chi connectivity index (χ0) is 6.15. The summed E-state index contributed by atoms with van der Waals surface area (Å²) in [4.78, 5) is 0. The van der Waals surface area contributed by atoms with E-state index in [2.05, 4.69) is 6.92 Å². The summed E-state index contributed by atoms with van der Waals surface area (Å²) in [6.07, 6.45) is 2.73. The van der Waals surface area contributed by atoms with Gasteiger partial charge in [0.25, 0.3) is 0 Å². The summed E-state index contributed by atoms with van der Waals surface area (Å²) >= 11 is 11.5. The average Bonchev–Trinajstić information content (AvgIpc) is 2.43. The van der Waals surface area contributed by atoms with Gasteiger partial charge in [-0.2, -0.15) is 22.2 Å². The molecule has 1 rings (SSSR count). The average molecular weight is 169 g/mol. The molecule has 0 nitrogen and oxygen atoms in total. The topological polar surface area (TPSA) is 0 Å². The molecule has 1 fully saturated rings. The van der Waals surface area contributed by atoms with Crippen LogP contribution in [0.4, 0.5) is 0 Å². The fourth-order valence-corrected chi connectivity index (χ4v) is 2.86. The lowest BCUT2D eigenvalue weighted by atomic mass is 10.3. The van der Waals surface area contributed by atoms with E-state index in [1.807, 2.05) is 0 Å². The Labute approximate surface area is 61.2 Å². The van der Waals surface area contributed by atoms with E-state index in [-0.39, 0.29) is 0 Å². The second kappa shape index (κ2) is 2.59. The van der Waals surface area contributed by atoms with Gasteiger partial charge in [0.05, 0.1) is 0 Å². The van der Waals surface area contributed by atoms with Crippen LogP contribution in [0.5, 0.6) is 0 Å². The van der Waals surface area contributed by atoms with Crippen LogP contribution < -0.4 is 0 Å². The molecule has 1 aliphatic carbocycles. The first-order valence-electron chi connectivity index (χ1n) is 3.00. The largest absolute Gasteiger partial charge is 0.240 e. The minimum absolute atomic E-state index is 0.651. The van der Waals surface area contributed by atoms with Gasteiger partial charge >= 0.3 is 0 Å². The Morgan fingerprint density at radius 1 is 1.50 bits per heavy atom. The van der Waals surface area contributed by atoms with Gasteiger partial charge in [-0.25, -0.2) is 0 Å². The van der Waals surface area contributed by atoms with Crippen LogP contribution in [0.3, 0.4) is 0 Å². The van der Waals surface area contributed by atoms with Crippen LogP contribution in [-0.4, -0.2) is 7.42 Å². The highest BCUT2D eigenvalue weighted by atomic mass is 35.7. The smallest absolute Gasteiger partial charge is 0.150 e. The second-order valence-corrected chi connectivity index (χ2v) is 7.74. The molecule has 0 N–H and O–H groups in total. The predicted octanol–water partition coefficient (Wildman–Crippen LogP) is 2.48. The zero-order valence-electron chi connectivity index (χ0n) is 4.90. The molecule has 1 unspecified atom stereocenters. The van der Waals surface area contributed by atoms with Crippen molar-refractivity contribution in [2.24, 2.45) is 5.92 Å². The quantitative estimate of drug-likeness (QED) is 0.440. The summed E-state index contributed by atoms with van der Waals surface area (Å²) < 4.78 is 0. The molecule has 0 aromatic carbocycles. The maximum absolute atomic E-state index is 5.77. The normalized spacial score (nSPS) is 24.0. The van der Waals surface area contributed by atoms with Gasteiger partial charge in [0.15, 0.2) is 0 Å². The van der Waals surface area contributed by atoms with Crippen molar-refractivity contribution in [1.82, 2.24) is 0 Å². The molecule has 0 bridgehead atoms. The first-order chi connectivity index (χ1) is 3.72. The van der Waals surface area contributed by atoms with E-state index < -0.39 is 7.42 Å². The van der Waals surface area contributed by atoms with E-state index in [4.69, 9.17) is 22.2 Å². The summed E-state index contributed by atoms with van der Waals surface area (Å²) in [5.41, 5.74) is 0.651. The number of hydrogen-bond acceptors (Lipinski definition) is 0. The van der Waals surface area contributed by atoms with Gasteiger partial charge in [0.2, 0.25) is 7.42 Å². The molecule has 3 heteroatoms. The van der Waals surface area contributed by atoms with E-state index in [9.17, 15) is 0 Å². The van der Waals surface area contributed by atoms with E-state index in [1.54, 1.807) is 0 Å². The van der Waals surface area contributed by atoms with Gasteiger partial charge in [0.1, 0.15) is 0 Å². The van der Waals surface area contributed by atoms with Crippen molar-refractivity contribution in [3.63, 3.8) is 0 Å². The minimum atomic E-state index is -1.32. The van der Waals surface area contributed by atoms with Gasteiger partial charge in [-0.15, -0.1) is 0 Å². The van der Waals surface area contributed by atoms with Crippen molar-refractivity contribution < 1.29 is 0 Å². The van der Waals surface area contributed by atoms with Gasteiger partial charge in [-0.3, -0.25) is 0 Å². The zero-order valence-corrected chi connectivity index (χ0v) is 7.57. The van der Waals surface area contributed by atoms with Gasteiger partial charge in [-0.05, 0) is 11.5 Å². The van der Waals surface area contributed by atoms with Crippen molar-refractivity contribution in [3.8, 4) is 0 Å². The Kier molecular flexibility index (Phi) is 2.24.